The first-order chi connectivity index (χ1) is 9.88. The zero-order valence-corrected chi connectivity index (χ0v) is 12.2. The average Bonchev–Trinajstić information content (AvgIpc) is 2.46. The molecule has 0 bridgehead atoms. The van der Waals surface area contributed by atoms with E-state index in [1.54, 1.807) is 0 Å². The van der Waals surface area contributed by atoms with Crippen molar-refractivity contribution in [3.63, 3.8) is 0 Å². The number of nitrogens with one attached hydrogen (secondary N) is 1. The summed E-state index contributed by atoms with van der Waals surface area (Å²) in [4.78, 5) is 0. The lowest BCUT2D eigenvalue weighted by molar-refractivity contribution is -0.137. The van der Waals surface area contributed by atoms with Gasteiger partial charge in [-0.05, 0) is 37.5 Å². The number of halogens is 3. The summed E-state index contributed by atoms with van der Waals surface area (Å²) in [5.41, 5.74) is -0.176. The lowest BCUT2D eigenvalue weighted by Crippen LogP contribution is -2.41. The standard InChI is InChI=1S/C16H22F3NO/c1-11(20-14-5-3-2-4-6-14)15(21)12-7-9-13(10-8-12)16(17,18)19/h7-11,14-15,20-21H,2-6H2,1H3/t11-,15+/m0/s1. The Hall–Kier alpha value is -1.07. The van der Waals surface area contributed by atoms with Crippen molar-refractivity contribution in [1.82, 2.24) is 5.32 Å². The molecule has 0 aliphatic heterocycles. The quantitative estimate of drug-likeness (QED) is 0.879. The lowest BCUT2D eigenvalue weighted by atomic mass is 9.93. The summed E-state index contributed by atoms with van der Waals surface area (Å²) in [6.07, 6.45) is 0.716. The van der Waals surface area contributed by atoms with Gasteiger partial charge in [0.1, 0.15) is 0 Å². The predicted molar refractivity (Wildman–Crippen MR) is 75.9 cm³/mol. The Morgan fingerprint density at radius 2 is 1.67 bits per heavy atom. The molecule has 0 aromatic heterocycles. The monoisotopic (exact) mass is 301 g/mol. The van der Waals surface area contributed by atoms with Crippen LogP contribution in [0.15, 0.2) is 24.3 Å². The molecule has 1 aliphatic rings. The van der Waals surface area contributed by atoms with Crippen molar-refractivity contribution in [2.24, 2.45) is 0 Å². The number of aliphatic hydroxyl groups is 1. The third-order valence-electron chi connectivity index (χ3n) is 4.16. The van der Waals surface area contributed by atoms with E-state index in [1.165, 1.54) is 31.4 Å². The summed E-state index contributed by atoms with van der Waals surface area (Å²) in [6.45, 7) is 1.87. The maximum Gasteiger partial charge on any atom is 0.416 e. The third-order valence-corrected chi connectivity index (χ3v) is 4.16. The summed E-state index contributed by atoms with van der Waals surface area (Å²) in [7, 11) is 0. The minimum atomic E-state index is -4.34. The first-order valence-corrected chi connectivity index (χ1v) is 7.49. The Morgan fingerprint density at radius 3 is 2.19 bits per heavy atom. The molecule has 2 atom stereocenters. The SMILES string of the molecule is C[C@H](NC1CCCCC1)[C@@H](O)c1ccc(C(F)(F)F)cc1. The van der Waals surface area contributed by atoms with Crippen molar-refractivity contribution in [3.8, 4) is 0 Å². The molecule has 1 aliphatic carbocycles. The highest BCUT2D eigenvalue weighted by Gasteiger charge is 2.30. The van der Waals surface area contributed by atoms with Crippen LogP contribution in [0.1, 0.15) is 56.3 Å². The van der Waals surface area contributed by atoms with E-state index in [-0.39, 0.29) is 6.04 Å². The molecule has 2 nitrogen and oxygen atoms in total. The zero-order valence-electron chi connectivity index (χ0n) is 12.2. The second-order valence-electron chi connectivity index (χ2n) is 5.85. The predicted octanol–water partition coefficient (Wildman–Crippen LogP) is 4.05. The minimum absolute atomic E-state index is 0.176. The van der Waals surface area contributed by atoms with Gasteiger partial charge in [0.25, 0.3) is 0 Å². The maximum atomic E-state index is 12.5. The van der Waals surface area contributed by atoms with Crippen molar-refractivity contribution in [3.05, 3.63) is 35.4 Å². The minimum Gasteiger partial charge on any atom is -0.387 e. The Morgan fingerprint density at radius 1 is 1.10 bits per heavy atom. The number of aliphatic hydroxyl groups excluding tert-OH is 1. The van der Waals surface area contributed by atoms with Crippen LogP contribution >= 0.6 is 0 Å². The van der Waals surface area contributed by atoms with E-state index in [4.69, 9.17) is 0 Å². The Labute approximate surface area is 123 Å². The fourth-order valence-corrected chi connectivity index (χ4v) is 2.89. The van der Waals surface area contributed by atoms with Crippen molar-refractivity contribution >= 4 is 0 Å². The summed E-state index contributed by atoms with van der Waals surface area (Å²) in [6, 6.07) is 4.97. The van der Waals surface area contributed by atoms with Gasteiger partial charge in [-0.25, -0.2) is 0 Å². The third kappa shape index (κ3) is 4.45. The van der Waals surface area contributed by atoms with Gasteiger partial charge in [-0.3, -0.25) is 0 Å². The van der Waals surface area contributed by atoms with Gasteiger partial charge in [0.2, 0.25) is 0 Å². The van der Waals surface area contributed by atoms with Gasteiger partial charge in [0, 0.05) is 12.1 Å². The van der Waals surface area contributed by atoms with Crippen LogP contribution in [0.25, 0.3) is 0 Å². The summed E-state index contributed by atoms with van der Waals surface area (Å²) < 4.78 is 37.5. The summed E-state index contributed by atoms with van der Waals surface area (Å²) >= 11 is 0. The van der Waals surface area contributed by atoms with Gasteiger partial charge in [-0.2, -0.15) is 13.2 Å². The molecule has 0 unspecified atom stereocenters. The number of alkyl halides is 3. The van der Waals surface area contributed by atoms with Crippen LogP contribution in [0.5, 0.6) is 0 Å². The summed E-state index contributed by atoms with van der Waals surface area (Å²) in [5.74, 6) is 0. The molecule has 2 N–H and O–H groups in total. The van der Waals surface area contributed by atoms with Crippen molar-refractivity contribution in [2.45, 2.75) is 63.4 Å². The fraction of sp³-hybridized carbons (Fsp3) is 0.625. The van der Waals surface area contributed by atoms with E-state index < -0.39 is 17.8 Å². The van der Waals surface area contributed by atoms with Crippen molar-refractivity contribution < 1.29 is 18.3 Å². The van der Waals surface area contributed by atoms with Gasteiger partial charge in [-0.1, -0.05) is 31.4 Å². The van der Waals surface area contributed by atoms with Crippen molar-refractivity contribution in [1.29, 1.82) is 0 Å². The van der Waals surface area contributed by atoms with E-state index in [0.717, 1.165) is 25.0 Å². The number of benzene rings is 1. The zero-order chi connectivity index (χ0) is 15.5. The highest BCUT2D eigenvalue weighted by atomic mass is 19.4. The van der Waals surface area contributed by atoms with Crippen LogP contribution in [0.2, 0.25) is 0 Å². The molecule has 0 saturated heterocycles. The molecule has 0 heterocycles. The van der Waals surface area contributed by atoms with Crippen molar-refractivity contribution in [2.75, 3.05) is 0 Å². The maximum absolute atomic E-state index is 12.5. The Balaban J connectivity index is 1.96. The molecular formula is C16H22F3NO. The molecule has 0 spiro atoms. The van der Waals surface area contributed by atoms with Crippen LogP contribution in [0.4, 0.5) is 13.2 Å². The number of rotatable bonds is 4. The van der Waals surface area contributed by atoms with Crippen LogP contribution < -0.4 is 5.32 Å². The molecule has 1 aromatic rings. The molecule has 1 fully saturated rings. The van der Waals surface area contributed by atoms with Gasteiger partial charge in [-0.15, -0.1) is 0 Å². The van der Waals surface area contributed by atoms with E-state index in [1.807, 2.05) is 6.92 Å². The Kier molecular flexibility index (Phi) is 5.27. The van der Waals surface area contributed by atoms with Gasteiger partial charge >= 0.3 is 6.18 Å². The summed E-state index contributed by atoms with van der Waals surface area (Å²) in [5, 5.41) is 13.7. The normalized spacial score (nSPS) is 20.2. The van der Waals surface area contributed by atoms with E-state index in [0.29, 0.717) is 11.6 Å². The van der Waals surface area contributed by atoms with Crippen LogP contribution in [-0.4, -0.2) is 17.2 Å². The van der Waals surface area contributed by atoms with Crippen LogP contribution in [-0.2, 0) is 6.18 Å². The van der Waals surface area contributed by atoms with E-state index in [9.17, 15) is 18.3 Å². The first-order valence-electron chi connectivity index (χ1n) is 7.49. The Bertz CT molecular complexity index is 438. The highest BCUT2D eigenvalue weighted by molar-refractivity contribution is 5.26. The van der Waals surface area contributed by atoms with E-state index >= 15 is 0 Å². The largest absolute Gasteiger partial charge is 0.416 e. The number of hydrogen-bond acceptors (Lipinski definition) is 2. The molecular weight excluding hydrogens is 279 g/mol. The second kappa shape index (κ2) is 6.79. The van der Waals surface area contributed by atoms with Crippen LogP contribution in [0, 0.1) is 0 Å². The molecule has 2 rings (SSSR count). The number of hydrogen-bond donors (Lipinski definition) is 2. The van der Waals surface area contributed by atoms with E-state index in [2.05, 4.69) is 5.32 Å². The van der Waals surface area contributed by atoms with Crippen LogP contribution in [0.3, 0.4) is 0 Å². The average molecular weight is 301 g/mol. The molecule has 1 aromatic carbocycles. The smallest absolute Gasteiger partial charge is 0.387 e. The lowest BCUT2D eigenvalue weighted by Gasteiger charge is -2.29. The highest BCUT2D eigenvalue weighted by Crippen LogP contribution is 2.30. The van der Waals surface area contributed by atoms with Gasteiger partial charge < -0.3 is 10.4 Å². The fourth-order valence-electron chi connectivity index (χ4n) is 2.89. The molecule has 21 heavy (non-hydrogen) atoms. The molecule has 0 amide bonds. The second-order valence-corrected chi connectivity index (χ2v) is 5.85. The molecule has 118 valence electrons. The molecule has 1 saturated carbocycles. The van der Waals surface area contributed by atoms with Gasteiger partial charge in [0.05, 0.1) is 11.7 Å². The molecule has 0 radical (unpaired) electrons. The first kappa shape index (κ1) is 16.3. The van der Waals surface area contributed by atoms with Gasteiger partial charge in [0.15, 0.2) is 0 Å². The topological polar surface area (TPSA) is 32.3 Å². The molecule has 5 heteroatoms.